The van der Waals surface area contributed by atoms with Crippen LogP contribution in [0.1, 0.15) is 38.6 Å². The van der Waals surface area contributed by atoms with Crippen molar-refractivity contribution >= 4 is 0 Å². The number of imidazole rings is 1. The van der Waals surface area contributed by atoms with Crippen LogP contribution >= 0.6 is 0 Å². The minimum atomic E-state index is -0.137. The average molecular weight is 211 g/mol. The number of aryl methyl sites for hydroxylation is 1. The Balaban J connectivity index is 2.79. The van der Waals surface area contributed by atoms with Crippen molar-refractivity contribution in [2.24, 2.45) is 5.73 Å². The molecule has 0 fully saturated rings. The maximum absolute atomic E-state index is 6.13. The number of ether oxygens (including phenoxy) is 1. The van der Waals surface area contributed by atoms with E-state index in [1.807, 2.05) is 6.20 Å². The number of aromatic nitrogens is 2. The Morgan fingerprint density at radius 3 is 2.80 bits per heavy atom. The molecule has 4 nitrogen and oxygen atoms in total. The first-order chi connectivity index (χ1) is 7.24. The molecule has 1 rings (SSSR count). The van der Waals surface area contributed by atoms with E-state index in [1.165, 1.54) is 0 Å². The number of methoxy groups -OCH3 is 1. The lowest BCUT2D eigenvalue weighted by atomic mass is 10.1. The molecule has 2 unspecified atom stereocenters. The zero-order valence-electron chi connectivity index (χ0n) is 9.81. The minimum Gasteiger partial charge on any atom is -0.379 e. The predicted molar refractivity (Wildman–Crippen MR) is 60.5 cm³/mol. The van der Waals surface area contributed by atoms with E-state index in [9.17, 15) is 0 Å². The van der Waals surface area contributed by atoms with Gasteiger partial charge in [0, 0.05) is 26.0 Å². The molecule has 0 saturated carbocycles. The Bertz CT molecular complexity index is 281. The van der Waals surface area contributed by atoms with Crippen LogP contribution in [-0.4, -0.2) is 22.8 Å². The molecule has 0 bridgehead atoms. The lowest BCUT2D eigenvalue weighted by Gasteiger charge is -2.21. The van der Waals surface area contributed by atoms with Crippen molar-refractivity contribution < 1.29 is 4.74 Å². The standard InChI is InChI=1S/C11H21N3O/c1-4-7-14-8-6-13-11(14)10(12)9(5-2)15-3/h6,8-10H,4-5,7,12H2,1-3H3. The van der Waals surface area contributed by atoms with Gasteiger partial charge < -0.3 is 15.0 Å². The van der Waals surface area contributed by atoms with E-state index in [-0.39, 0.29) is 12.1 Å². The topological polar surface area (TPSA) is 53.1 Å². The van der Waals surface area contributed by atoms with Crippen molar-refractivity contribution in [3.63, 3.8) is 0 Å². The molecule has 0 aromatic carbocycles. The van der Waals surface area contributed by atoms with Crippen LogP contribution in [0.15, 0.2) is 12.4 Å². The van der Waals surface area contributed by atoms with E-state index in [4.69, 9.17) is 10.5 Å². The van der Waals surface area contributed by atoms with Crippen molar-refractivity contribution in [1.82, 2.24) is 9.55 Å². The minimum absolute atomic E-state index is 0.0445. The maximum atomic E-state index is 6.13. The van der Waals surface area contributed by atoms with Crippen LogP contribution in [0.5, 0.6) is 0 Å². The number of nitrogens with two attached hydrogens (primary N) is 1. The maximum Gasteiger partial charge on any atom is 0.128 e. The first-order valence-electron chi connectivity index (χ1n) is 5.53. The Hall–Kier alpha value is -0.870. The number of hydrogen-bond donors (Lipinski definition) is 1. The highest BCUT2D eigenvalue weighted by Gasteiger charge is 2.21. The number of nitrogens with zero attached hydrogens (tertiary/aromatic N) is 2. The van der Waals surface area contributed by atoms with Crippen LogP contribution in [-0.2, 0) is 11.3 Å². The lowest BCUT2D eigenvalue weighted by Crippen LogP contribution is -2.30. The second-order valence-corrected chi connectivity index (χ2v) is 3.69. The van der Waals surface area contributed by atoms with E-state index >= 15 is 0 Å². The molecule has 0 amide bonds. The zero-order valence-corrected chi connectivity index (χ0v) is 9.81. The summed E-state index contributed by atoms with van der Waals surface area (Å²) in [5, 5.41) is 0. The molecule has 4 heteroatoms. The van der Waals surface area contributed by atoms with Crippen molar-refractivity contribution in [1.29, 1.82) is 0 Å². The van der Waals surface area contributed by atoms with Crippen molar-refractivity contribution in [3.05, 3.63) is 18.2 Å². The zero-order chi connectivity index (χ0) is 11.3. The van der Waals surface area contributed by atoms with E-state index in [0.717, 1.165) is 25.2 Å². The summed E-state index contributed by atoms with van der Waals surface area (Å²) in [4.78, 5) is 4.31. The Kier molecular flexibility index (Phi) is 4.78. The van der Waals surface area contributed by atoms with Crippen molar-refractivity contribution in [3.8, 4) is 0 Å². The van der Waals surface area contributed by atoms with Gasteiger partial charge >= 0.3 is 0 Å². The summed E-state index contributed by atoms with van der Waals surface area (Å²) in [7, 11) is 1.70. The molecular formula is C11H21N3O. The highest BCUT2D eigenvalue weighted by atomic mass is 16.5. The first kappa shape index (κ1) is 12.2. The van der Waals surface area contributed by atoms with Crippen LogP contribution in [0.25, 0.3) is 0 Å². The summed E-state index contributed by atoms with van der Waals surface area (Å²) < 4.78 is 7.44. The Morgan fingerprint density at radius 1 is 1.53 bits per heavy atom. The second-order valence-electron chi connectivity index (χ2n) is 3.69. The SMILES string of the molecule is CCCn1ccnc1C(N)C(CC)OC. The van der Waals surface area contributed by atoms with Gasteiger partial charge in [-0.2, -0.15) is 0 Å². The molecule has 1 heterocycles. The average Bonchev–Trinajstić information content (AvgIpc) is 2.68. The van der Waals surface area contributed by atoms with Gasteiger partial charge in [-0.05, 0) is 12.8 Å². The number of hydrogen-bond acceptors (Lipinski definition) is 3. The first-order valence-corrected chi connectivity index (χ1v) is 5.53. The van der Waals surface area contributed by atoms with E-state index in [2.05, 4.69) is 23.4 Å². The fourth-order valence-electron chi connectivity index (χ4n) is 1.78. The molecule has 0 saturated heterocycles. The smallest absolute Gasteiger partial charge is 0.128 e. The summed E-state index contributed by atoms with van der Waals surface area (Å²) in [6.07, 6.45) is 5.80. The van der Waals surface area contributed by atoms with Crippen molar-refractivity contribution in [2.75, 3.05) is 7.11 Å². The fourth-order valence-corrected chi connectivity index (χ4v) is 1.78. The molecule has 0 aliphatic heterocycles. The van der Waals surface area contributed by atoms with Crippen LogP contribution in [0, 0.1) is 0 Å². The van der Waals surface area contributed by atoms with Gasteiger partial charge in [0.1, 0.15) is 5.82 Å². The molecular weight excluding hydrogens is 190 g/mol. The van der Waals surface area contributed by atoms with E-state index in [0.29, 0.717) is 0 Å². The highest BCUT2D eigenvalue weighted by molar-refractivity contribution is 5.01. The summed E-state index contributed by atoms with van der Waals surface area (Å²) in [5.41, 5.74) is 6.13. The molecule has 86 valence electrons. The molecule has 0 aliphatic carbocycles. The van der Waals surface area contributed by atoms with Gasteiger partial charge in [0.2, 0.25) is 0 Å². The highest BCUT2D eigenvalue weighted by Crippen LogP contribution is 2.17. The largest absolute Gasteiger partial charge is 0.379 e. The van der Waals surface area contributed by atoms with E-state index in [1.54, 1.807) is 13.3 Å². The van der Waals surface area contributed by atoms with Crippen molar-refractivity contribution in [2.45, 2.75) is 45.4 Å². The fraction of sp³-hybridized carbons (Fsp3) is 0.727. The molecule has 15 heavy (non-hydrogen) atoms. The van der Waals surface area contributed by atoms with Gasteiger partial charge in [0.15, 0.2) is 0 Å². The molecule has 0 aliphatic rings. The van der Waals surface area contributed by atoms with Gasteiger partial charge in [-0.25, -0.2) is 4.98 Å². The van der Waals surface area contributed by atoms with Gasteiger partial charge in [0.25, 0.3) is 0 Å². The van der Waals surface area contributed by atoms with Gasteiger partial charge in [0.05, 0.1) is 12.1 Å². The summed E-state index contributed by atoms with van der Waals surface area (Å²) in [6, 6.07) is -0.137. The van der Waals surface area contributed by atoms with Crippen LogP contribution in [0.2, 0.25) is 0 Å². The summed E-state index contributed by atoms with van der Waals surface area (Å²) in [6.45, 7) is 5.17. The lowest BCUT2D eigenvalue weighted by molar-refractivity contribution is 0.0737. The molecule has 1 aromatic rings. The van der Waals surface area contributed by atoms with Gasteiger partial charge in [-0.3, -0.25) is 0 Å². The van der Waals surface area contributed by atoms with Gasteiger partial charge in [-0.15, -0.1) is 0 Å². The molecule has 2 N–H and O–H groups in total. The summed E-state index contributed by atoms with van der Waals surface area (Å²) >= 11 is 0. The second kappa shape index (κ2) is 5.88. The molecule has 0 spiro atoms. The third kappa shape index (κ3) is 2.79. The molecule has 2 atom stereocenters. The van der Waals surface area contributed by atoms with E-state index < -0.39 is 0 Å². The normalized spacial score (nSPS) is 15.2. The van der Waals surface area contributed by atoms with Gasteiger partial charge in [-0.1, -0.05) is 13.8 Å². The third-order valence-corrected chi connectivity index (χ3v) is 2.62. The van der Waals surface area contributed by atoms with Crippen LogP contribution < -0.4 is 5.73 Å². The quantitative estimate of drug-likeness (QED) is 0.779. The third-order valence-electron chi connectivity index (χ3n) is 2.62. The summed E-state index contributed by atoms with van der Waals surface area (Å²) in [5.74, 6) is 0.922. The van der Waals surface area contributed by atoms with Crippen LogP contribution in [0.4, 0.5) is 0 Å². The molecule has 1 aromatic heterocycles. The van der Waals surface area contributed by atoms with Crippen LogP contribution in [0.3, 0.4) is 0 Å². The molecule has 0 radical (unpaired) electrons. The number of rotatable bonds is 6. The predicted octanol–water partition coefficient (Wildman–Crippen LogP) is 1.72. The Morgan fingerprint density at radius 2 is 2.27 bits per heavy atom. The Labute approximate surface area is 91.4 Å². The monoisotopic (exact) mass is 211 g/mol.